The lowest BCUT2D eigenvalue weighted by atomic mass is 10.1. The van der Waals surface area contributed by atoms with Crippen LogP contribution in [0.25, 0.3) is 17.0 Å². The van der Waals surface area contributed by atoms with E-state index >= 15 is 0 Å². The first-order valence-corrected chi connectivity index (χ1v) is 11.4. The molecule has 2 aromatic carbocycles. The predicted molar refractivity (Wildman–Crippen MR) is 125 cm³/mol. The summed E-state index contributed by atoms with van der Waals surface area (Å²) in [5.74, 6) is 0.400. The highest BCUT2D eigenvalue weighted by molar-refractivity contribution is 9.10. The maximum Gasteiger partial charge on any atom is 0.293 e. The molecule has 3 aromatic rings. The predicted octanol–water partition coefficient (Wildman–Crippen LogP) is 6.19. The van der Waals surface area contributed by atoms with Crippen LogP contribution in [0.3, 0.4) is 0 Å². The van der Waals surface area contributed by atoms with Gasteiger partial charge in [-0.1, -0.05) is 39.7 Å². The lowest BCUT2D eigenvalue weighted by Gasteiger charge is -2.09. The number of hydrogen-bond donors (Lipinski definition) is 0. The molecule has 1 aliphatic heterocycles. The van der Waals surface area contributed by atoms with Crippen LogP contribution in [0.1, 0.15) is 12.5 Å². The van der Waals surface area contributed by atoms with Crippen molar-refractivity contribution in [2.45, 2.75) is 13.5 Å². The minimum absolute atomic E-state index is 0.230. The fraction of sp³-hybridized carbons (Fsp3) is 0.182. The second kappa shape index (κ2) is 8.88. The van der Waals surface area contributed by atoms with Crippen LogP contribution >= 0.6 is 39.3 Å². The number of amides is 2. The molecule has 1 aromatic heterocycles. The Bertz CT molecular complexity index is 1170. The number of fused-ring (bicyclic) bond motifs is 1. The quantitative estimate of drug-likeness (QED) is 0.375. The number of carbonyl (C=O) groups excluding carboxylic acids is 2. The van der Waals surface area contributed by atoms with Crippen LogP contribution in [0.15, 0.2) is 58.0 Å². The number of halogens is 2. The molecule has 5 nitrogen and oxygen atoms in total. The van der Waals surface area contributed by atoms with Gasteiger partial charge in [0, 0.05) is 33.7 Å². The highest BCUT2D eigenvalue weighted by Crippen LogP contribution is 2.34. The van der Waals surface area contributed by atoms with Crippen LogP contribution in [0.4, 0.5) is 4.79 Å². The number of rotatable bonds is 6. The number of imide groups is 1. The molecule has 0 saturated carbocycles. The lowest BCUT2D eigenvalue weighted by molar-refractivity contribution is -0.122. The Hall–Kier alpha value is -2.22. The summed E-state index contributed by atoms with van der Waals surface area (Å²) in [6.07, 6.45) is 3.77. The number of ether oxygens (including phenoxy) is 1. The summed E-state index contributed by atoms with van der Waals surface area (Å²) in [5.41, 5.74) is 1.90. The molecule has 4 rings (SSSR count). The van der Waals surface area contributed by atoms with Crippen LogP contribution < -0.4 is 4.74 Å². The number of benzene rings is 2. The summed E-state index contributed by atoms with van der Waals surface area (Å²) < 4.78 is 8.85. The largest absolute Gasteiger partial charge is 0.490 e. The maximum atomic E-state index is 12.5. The van der Waals surface area contributed by atoms with E-state index < -0.39 is 0 Å². The van der Waals surface area contributed by atoms with Crippen molar-refractivity contribution in [3.8, 4) is 5.75 Å². The van der Waals surface area contributed by atoms with Gasteiger partial charge in [-0.3, -0.25) is 14.5 Å². The first-order valence-electron chi connectivity index (χ1n) is 9.39. The molecule has 1 aliphatic rings. The summed E-state index contributed by atoms with van der Waals surface area (Å²) in [6.45, 7) is 3.21. The second-order valence-electron chi connectivity index (χ2n) is 6.64. The van der Waals surface area contributed by atoms with Gasteiger partial charge in [-0.15, -0.1) is 0 Å². The molecule has 0 N–H and O–H groups in total. The average molecular weight is 506 g/mol. The minimum atomic E-state index is -0.245. The average Bonchev–Trinajstić information content (AvgIpc) is 3.19. The molecule has 0 aliphatic carbocycles. The minimum Gasteiger partial charge on any atom is -0.490 e. The van der Waals surface area contributed by atoms with Crippen LogP contribution in [0, 0.1) is 0 Å². The molecular formula is C22H18BrClN2O3S. The zero-order valence-electron chi connectivity index (χ0n) is 16.1. The Balaban J connectivity index is 1.63. The van der Waals surface area contributed by atoms with E-state index in [1.165, 1.54) is 4.90 Å². The summed E-state index contributed by atoms with van der Waals surface area (Å²) in [6, 6.07) is 13.4. The van der Waals surface area contributed by atoms with Crippen molar-refractivity contribution in [2.75, 3.05) is 13.2 Å². The van der Waals surface area contributed by atoms with Crippen molar-refractivity contribution in [3.63, 3.8) is 0 Å². The summed E-state index contributed by atoms with van der Waals surface area (Å²) in [7, 11) is 0. The molecule has 0 radical (unpaired) electrons. The van der Waals surface area contributed by atoms with Crippen molar-refractivity contribution in [1.82, 2.24) is 9.47 Å². The fourth-order valence-electron chi connectivity index (χ4n) is 3.33. The second-order valence-corrected chi connectivity index (χ2v) is 8.96. The molecule has 1 saturated heterocycles. The number of hydrogen-bond acceptors (Lipinski definition) is 4. The molecular weight excluding hydrogens is 488 g/mol. The van der Waals surface area contributed by atoms with Crippen molar-refractivity contribution < 1.29 is 14.3 Å². The van der Waals surface area contributed by atoms with Crippen molar-refractivity contribution in [1.29, 1.82) is 0 Å². The van der Waals surface area contributed by atoms with Gasteiger partial charge in [0.25, 0.3) is 11.1 Å². The molecule has 154 valence electrons. The van der Waals surface area contributed by atoms with Gasteiger partial charge < -0.3 is 9.30 Å². The molecule has 0 atom stereocenters. The molecule has 2 amide bonds. The Morgan fingerprint density at radius 3 is 2.73 bits per heavy atom. The standard InChI is InChI=1S/C22H18BrClN2O3S/c1-2-26-21(27)20(30-22(26)28)11-14-13-25(18-8-7-15(23)12-16(14)18)9-10-29-19-6-4-3-5-17(19)24/h3-8,11-13H,2,9-10H2,1H3/b20-11-. The Labute approximate surface area is 191 Å². The van der Waals surface area contributed by atoms with Crippen molar-refractivity contribution in [3.05, 3.63) is 68.6 Å². The van der Waals surface area contributed by atoms with E-state index in [1.807, 2.05) is 42.6 Å². The van der Waals surface area contributed by atoms with Crippen LogP contribution in [-0.2, 0) is 11.3 Å². The smallest absolute Gasteiger partial charge is 0.293 e. The Morgan fingerprint density at radius 2 is 2.00 bits per heavy atom. The number of likely N-dealkylation sites (N-methyl/N-ethyl adjacent to an activating group) is 1. The molecule has 0 spiro atoms. The van der Waals surface area contributed by atoms with E-state index in [-0.39, 0.29) is 11.1 Å². The third-order valence-electron chi connectivity index (χ3n) is 4.78. The van der Waals surface area contributed by atoms with Gasteiger partial charge in [0.05, 0.1) is 16.5 Å². The Morgan fingerprint density at radius 1 is 1.20 bits per heavy atom. The van der Waals surface area contributed by atoms with E-state index in [0.717, 1.165) is 32.7 Å². The third-order valence-corrected chi connectivity index (χ3v) is 6.49. The van der Waals surface area contributed by atoms with Gasteiger partial charge >= 0.3 is 0 Å². The number of aromatic nitrogens is 1. The van der Waals surface area contributed by atoms with Gasteiger partial charge in [-0.05, 0) is 55.1 Å². The summed E-state index contributed by atoms with van der Waals surface area (Å²) in [5, 5.41) is 1.34. The highest BCUT2D eigenvalue weighted by atomic mass is 79.9. The first kappa shape index (κ1) is 21.0. The van der Waals surface area contributed by atoms with Gasteiger partial charge in [0.15, 0.2) is 0 Å². The zero-order valence-corrected chi connectivity index (χ0v) is 19.3. The van der Waals surface area contributed by atoms with Crippen molar-refractivity contribution in [2.24, 2.45) is 0 Å². The summed E-state index contributed by atoms with van der Waals surface area (Å²) >= 11 is 10.7. The van der Waals surface area contributed by atoms with E-state index in [2.05, 4.69) is 20.5 Å². The van der Waals surface area contributed by atoms with Crippen LogP contribution in [0.2, 0.25) is 5.02 Å². The molecule has 8 heteroatoms. The van der Waals surface area contributed by atoms with Gasteiger partial charge in [0.1, 0.15) is 12.4 Å². The zero-order chi connectivity index (χ0) is 21.3. The number of thioether (sulfide) groups is 1. The fourth-order valence-corrected chi connectivity index (χ4v) is 4.77. The van der Waals surface area contributed by atoms with E-state index in [4.69, 9.17) is 16.3 Å². The van der Waals surface area contributed by atoms with Crippen molar-refractivity contribution >= 4 is 67.4 Å². The molecule has 0 unspecified atom stereocenters. The third kappa shape index (κ3) is 4.15. The SMILES string of the molecule is CCN1C(=O)S/C(=C\c2cn(CCOc3ccccc3Cl)c3ccc(Br)cc23)C1=O. The van der Waals surface area contributed by atoms with E-state index in [9.17, 15) is 9.59 Å². The highest BCUT2D eigenvalue weighted by Gasteiger charge is 2.33. The molecule has 1 fully saturated rings. The normalized spacial score (nSPS) is 15.6. The van der Waals surface area contributed by atoms with E-state index in [1.54, 1.807) is 19.1 Å². The maximum absolute atomic E-state index is 12.5. The van der Waals surface area contributed by atoms with Gasteiger partial charge in [0.2, 0.25) is 0 Å². The van der Waals surface area contributed by atoms with Gasteiger partial charge in [-0.25, -0.2) is 0 Å². The number of para-hydroxylation sites is 1. The summed E-state index contributed by atoms with van der Waals surface area (Å²) in [4.78, 5) is 26.2. The van der Waals surface area contributed by atoms with Crippen LogP contribution in [0.5, 0.6) is 5.75 Å². The monoisotopic (exact) mass is 504 g/mol. The molecule has 0 bridgehead atoms. The Kier molecular flexibility index (Phi) is 6.22. The van der Waals surface area contributed by atoms with Gasteiger partial charge in [-0.2, -0.15) is 0 Å². The topological polar surface area (TPSA) is 51.5 Å². The molecule has 30 heavy (non-hydrogen) atoms. The molecule has 2 heterocycles. The van der Waals surface area contributed by atoms with Crippen LogP contribution in [-0.4, -0.2) is 33.8 Å². The first-order chi connectivity index (χ1) is 14.5. The number of nitrogens with zero attached hydrogens (tertiary/aromatic N) is 2. The lowest BCUT2D eigenvalue weighted by Crippen LogP contribution is -2.27. The van der Waals surface area contributed by atoms with E-state index in [0.29, 0.717) is 35.4 Å². The number of carbonyl (C=O) groups is 2.